The second-order valence-electron chi connectivity index (χ2n) is 5.95. The highest BCUT2D eigenvalue weighted by Crippen LogP contribution is 2.34. The first-order chi connectivity index (χ1) is 13.3. The number of nitrogens with zero attached hydrogens (tertiary/aromatic N) is 4. The average molecular weight is 357 g/mol. The number of aromatic nitrogens is 5. The highest BCUT2D eigenvalue weighted by Gasteiger charge is 2.19. The van der Waals surface area contributed by atoms with Crippen molar-refractivity contribution >= 4 is 11.1 Å². The second kappa shape index (κ2) is 6.14. The molecule has 3 aromatic heterocycles. The van der Waals surface area contributed by atoms with Crippen LogP contribution in [-0.2, 0) is 0 Å². The Kier molecular flexibility index (Phi) is 3.50. The van der Waals surface area contributed by atoms with Gasteiger partial charge in [0, 0.05) is 11.1 Å². The van der Waals surface area contributed by atoms with Crippen LogP contribution in [-0.4, -0.2) is 25.4 Å². The van der Waals surface area contributed by atoms with Crippen molar-refractivity contribution in [2.75, 3.05) is 0 Å². The van der Waals surface area contributed by atoms with E-state index in [4.69, 9.17) is 4.42 Å². The third-order valence-corrected chi connectivity index (χ3v) is 4.28. The van der Waals surface area contributed by atoms with E-state index in [0.717, 1.165) is 16.5 Å². The van der Waals surface area contributed by atoms with Crippen molar-refractivity contribution in [2.45, 2.75) is 0 Å². The molecular weight excluding hydrogens is 345 g/mol. The summed E-state index contributed by atoms with van der Waals surface area (Å²) in [5.41, 5.74) is 3.87. The summed E-state index contributed by atoms with van der Waals surface area (Å²) in [6, 6.07) is 17.7. The molecule has 0 bridgehead atoms. The van der Waals surface area contributed by atoms with Gasteiger partial charge in [-0.05, 0) is 30.3 Å². The van der Waals surface area contributed by atoms with Gasteiger partial charge >= 0.3 is 0 Å². The number of rotatable bonds is 3. The van der Waals surface area contributed by atoms with Gasteiger partial charge < -0.3 is 4.42 Å². The first-order valence-electron chi connectivity index (χ1n) is 8.26. The summed E-state index contributed by atoms with van der Waals surface area (Å²) in [4.78, 5) is 8.62. The third-order valence-electron chi connectivity index (χ3n) is 4.28. The van der Waals surface area contributed by atoms with Gasteiger partial charge in [-0.1, -0.05) is 30.3 Å². The number of fused-ring (bicyclic) bond motifs is 1. The van der Waals surface area contributed by atoms with Crippen molar-refractivity contribution in [1.82, 2.24) is 25.4 Å². The Morgan fingerprint density at radius 1 is 0.778 bits per heavy atom. The fourth-order valence-corrected chi connectivity index (χ4v) is 2.99. The van der Waals surface area contributed by atoms with Gasteiger partial charge in [0.05, 0.1) is 5.39 Å². The summed E-state index contributed by atoms with van der Waals surface area (Å²) in [7, 11) is 0. The van der Waals surface area contributed by atoms with Crippen molar-refractivity contribution in [3.63, 3.8) is 0 Å². The van der Waals surface area contributed by atoms with Crippen LogP contribution in [0.2, 0.25) is 0 Å². The molecule has 0 amide bonds. The van der Waals surface area contributed by atoms with E-state index in [1.165, 1.54) is 18.5 Å². The first-order valence-corrected chi connectivity index (χ1v) is 8.26. The maximum Gasteiger partial charge on any atom is 0.230 e. The molecule has 3 heterocycles. The quantitative estimate of drug-likeness (QED) is 0.515. The Balaban J connectivity index is 1.68. The minimum Gasteiger partial charge on any atom is -0.438 e. The summed E-state index contributed by atoms with van der Waals surface area (Å²) in [6.07, 6.45) is 1.43. The van der Waals surface area contributed by atoms with Crippen molar-refractivity contribution in [3.05, 3.63) is 72.8 Å². The molecule has 2 aromatic carbocycles. The highest BCUT2D eigenvalue weighted by molar-refractivity contribution is 5.94. The van der Waals surface area contributed by atoms with Gasteiger partial charge in [-0.15, -0.1) is 0 Å². The number of H-pyrrole nitrogens is 1. The van der Waals surface area contributed by atoms with Crippen molar-refractivity contribution in [1.29, 1.82) is 0 Å². The molecule has 0 unspecified atom stereocenters. The predicted octanol–water partition coefficient (Wildman–Crippen LogP) is 4.48. The molecule has 6 nitrogen and oxygen atoms in total. The molecule has 0 fully saturated rings. The fraction of sp³-hybridized carbons (Fsp3) is 0. The van der Waals surface area contributed by atoms with Gasteiger partial charge in [0.25, 0.3) is 0 Å². The minimum absolute atomic E-state index is 0.310. The van der Waals surface area contributed by atoms with Crippen LogP contribution in [0.4, 0.5) is 4.39 Å². The zero-order valence-electron chi connectivity index (χ0n) is 13.9. The van der Waals surface area contributed by atoms with E-state index < -0.39 is 0 Å². The molecule has 0 radical (unpaired) electrons. The summed E-state index contributed by atoms with van der Waals surface area (Å²) >= 11 is 0. The molecule has 27 heavy (non-hydrogen) atoms. The van der Waals surface area contributed by atoms with Gasteiger partial charge in [0.2, 0.25) is 5.71 Å². The Bertz CT molecular complexity index is 1230. The number of nitrogens with one attached hydrogen (secondary N) is 1. The molecular formula is C20H12FN5O. The van der Waals surface area contributed by atoms with Crippen LogP contribution >= 0.6 is 0 Å². The molecule has 0 aliphatic carbocycles. The van der Waals surface area contributed by atoms with Crippen LogP contribution in [0.1, 0.15) is 0 Å². The van der Waals surface area contributed by atoms with Gasteiger partial charge in [0.15, 0.2) is 0 Å². The molecule has 0 saturated carbocycles. The number of aromatic amines is 1. The van der Waals surface area contributed by atoms with Crippen LogP contribution in [0.3, 0.4) is 0 Å². The zero-order valence-corrected chi connectivity index (χ0v) is 13.9. The number of halogens is 1. The number of hydrogen-bond donors (Lipinski definition) is 1. The van der Waals surface area contributed by atoms with Crippen LogP contribution in [0.15, 0.2) is 71.4 Å². The molecule has 0 spiro atoms. The number of furan rings is 1. The van der Waals surface area contributed by atoms with Crippen molar-refractivity contribution in [3.8, 4) is 34.0 Å². The van der Waals surface area contributed by atoms with Crippen molar-refractivity contribution < 1.29 is 8.81 Å². The Morgan fingerprint density at radius 3 is 2.37 bits per heavy atom. The summed E-state index contributed by atoms with van der Waals surface area (Å²) in [5, 5.41) is 11.8. The SMILES string of the molecule is Fc1ccc(-c2n[nH]nc2-c2ncnc3oc(-c4ccccc4)cc23)cc1. The van der Waals surface area contributed by atoms with Gasteiger partial charge in [-0.2, -0.15) is 15.4 Å². The fourth-order valence-electron chi connectivity index (χ4n) is 2.99. The van der Waals surface area contributed by atoms with E-state index in [1.807, 2.05) is 36.4 Å². The summed E-state index contributed by atoms with van der Waals surface area (Å²) < 4.78 is 19.1. The highest BCUT2D eigenvalue weighted by atomic mass is 19.1. The van der Waals surface area contributed by atoms with E-state index in [1.54, 1.807) is 12.1 Å². The maximum atomic E-state index is 13.2. The van der Waals surface area contributed by atoms with Gasteiger partial charge in [-0.25, -0.2) is 14.4 Å². The van der Waals surface area contributed by atoms with Crippen LogP contribution in [0.25, 0.3) is 45.1 Å². The molecule has 5 aromatic rings. The number of hydrogen-bond acceptors (Lipinski definition) is 5. The molecule has 0 aliphatic rings. The first kappa shape index (κ1) is 15.4. The molecule has 7 heteroatoms. The molecule has 5 rings (SSSR count). The van der Waals surface area contributed by atoms with E-state index in [2.05, 4.69) is 25.4 Å². The lowest BCUT2D eigenvalue weighted by molar-refractivity contribution is 0.617. The van der Waals surface area contributed by atoms with E-state index in [9.17, 15) is 4.39 Å². The van der Waals surface area contributed by atoms with Gasteiger partial charge in [-0.3, -0.25) is 0 Å². The third kappa shape index (κ3) is 2.65. The lowest BCUT2D eigenvalue weighted by atomic mass is 10.1. The number of benzene rings is 2. The largest absolute Gasteiger partial charge is 0.438 e. The van der Waals surface area contributed by atoms with Crippen LogP contribution < -0.4 is 0 Å². The maximum absolute atomic E-state index is 13.2. The molecule has 130 valence electrons. The molecule has 1 N–H and O–H groups in total. The predicted molar refractivity (Wildman–Crippen MR) is 98.0 cm³/mol. The Morgan fingerprint density at radius 2 is 1.56 bits per heavy atom. The molecule has 0 atom stereocenters. The van der Waals surface area contributed by atoms with Crippen molar-refractivity contribution in [2.24, 2.45) is 0 Å². The summed E-state index contributed by atoms with van der Waals surface area (Å²) in [5.74, 6) is 0.384. The normalized spacial score (nSPS) is 11.1. The lowest BCUT2D eigenvalue weighted by Crippen LogP contribution is -1.90. The van der Waals surface area contributed by atoms with E-state index in [-0.39, 0.29) is 5.82 Å². The zero-order chi connectivity index (χ0) is 18.2. The average Bonchev–Trinajstić information content (AvgIpc) is 3.36. The lowest BCUT2D eigenvalue weighted by Gasteiger charge is -2.01. The monoisotopic (exact) mass is 357 g/mol. The van der Waals surface area contributed by atoms with Crippen LogP contribution in [0.5, 0.6) is 0 Å². The Labute approximate surface area is 152 Å². The summed E-state index contributed by atoms with van der Waals surface area (Å²) in [6.45, 7) is 0. The van der Waals surface area contributed by atoms with Crippen LogP contribution in [0, 0.1) is 5.82 Å². The Hall–Kier alpha value is -3.87. The molecule has 0 aliphatic heterocycles. The topological polar surface area (TPSA) is 80.5 Å². The van der Waals surface area contributed by atoms with Gasteiger partial charge in [0.1, 0.15) is 35.0 Å². The van der Waals surface area contributed by atoms with E-state index in [0.29, 0.717) is 28.6 Å². The smallest absolute Gasteiger partial charge is 0.230 e. The minimum atomic E-state index is -0.310. The second-order valence-corrected chi connectivity index (χ2v) is 5.95. The van der Waals surface area contributed by atoms with E-state index >= 15 is 0 Å². The molecule has 0 saturated heterocycles. The standard InChI is InChI=1S/C20H12FN5O/c21-14-8-6-13(7-9-14)17-19(25-26-24-17)18-15-10-16(12-4-2-1-3-5-12)27-20(15)23-11-22-18/h1-11H,(H,24,25,26).